The Hall–Kier alpha value is -2.61. The minimum absolute atomic E-state index is 0.225. The van der Waals surface area contributed by atoms with E-state index in [0.717, 1.165) is 25.7 Å². The number of carbonyl (C=O) groups is 3. The Kier molecular flexibility index (Phi) is 6.18. The molecule has 2 amide bonds. The summed E-state index contributed by atoms with van der Waals surface area (Å²) in [6.07, 6.45) is 5.54. The first kappa shape index (κ1) is 20.1. The average Bonchev–Trinajstić information content (AvgIpc) is 3.12. The molecule has 0 saturated carbocycles. The van der Waals surface area contributed by atoms with E-state index >= 15 is 0 Å². The maximum Gasteiger partial charge on any atom is 0.340 e. The predicted octanol–water partition coefficient (Wildman–Crippen LogP) is 3.21. The summed E-state index contributed by atoms with van der Waals surface area (Å²) in [6.45, 7) is 5.35. The molecule has 2 heterocycles. The molecule has 0 spiro atoms. The number of hydrazine groups is 1. The van der Waals surface area contributed by atoms with Gasteiger partial charge in [0, 0.05) is 10.6 Å². The van der Waals surface area contributed by atoms with Gasteiger partial charge in [-0.25, -0.2) is 4.79 Å². The van der Waals surface area contributed by atoms with Crippen LogP contribution in [0.25, 0.3) is 0 Å². The second-order valence-electron chi connectivity index (χ2n) is 6.87. The lowest BCUT2D eigenvalue weighted by atomic mass is 10.1. The van der Waals surface area contributed by atoms with Crippen molar-refractivity contribution in [1.29, 1.82) is 0 Å². The lowest BCUT2D eigenvalue weighted by Crippen LogP contribution is -2.41. The van der Waals surface area contributed by atoms with Crippen LogP contribution in [0.2, 0.25) is 0 Å². The number of carbonyl (C=O) groups excluding carboxylic acids is 3. The Balaban J connectivity index is 1.66. The van der Waals surface area contributed by atoms with Crippen LogP contribution in [0.5, 0.6) is 0 Å². The van der Waals surface area contributed by atoms with E-state index in [0.29, 0.717) is 21.7 Å². The number of hydrogen-bond acceptors (Lipinski definition) is 5. The molecule has 0 unspecified atom stereocenters. The van der Waals surface area contributed by atoms with Crippen LogP contribution in [0.4, 0.5) is 0 Å². The highest BCUT2D eigenvalue weighted by atomic mass is 32.1. The molecule has 1 aliphatic carbocycles. The molecule has 0 aliphatic heterocycles. The molecular weight excluding hydrogens is 378 g/mol. The topological polar surface area (TPSA) is 100 Å². The summed E-state index contributed by atoms with van der Waals surface area (Å²) in [6, 6.07) is 1.93. The van der Waals surface area contributed by atoms with Crippen LogP contribution >= 0.6 is 11.3 Å². The monoisotopic (exact) mass is 403 g/mol. The molecule has 0 aromatic carbocycles. The number of amides is 2. The summed E-state index contributed by atoms with van der Waals surface area (Å²) in [5.41, 5.74) is 7.75. The average molecular weight is 404 g/mol. The van der Waals surface area contributed by atoms with Gasteiger partial charge >= 0.3 is 5.97 Å². The third kappa shape index (κ3) is 4.11. The number of ether oxygens (including phenoxy) is 1. The Labute approximate surface area is 167 Å². The molecule has 150 valence electrons. The van der Waals surface area contributed by atoms with Gasteiger partial charge in [0.1, 0.15) is 5.69 Å². The fourth-order valence-corrected chi connectivity index (χ4v) is 4.65. The number of aromatic amines is 1. The Morgan fingerprint density at radius 2 is 1.82 bits per heavy atom. The highest BCUT2D eigenvalue weighted by Gasteiger charge is 2.23. The second kappa shape index (κ2) is 8.60. The molecule has 0 fully saturated rings. The van der Waals surface area contributed by atoms with E-state index in [1.807, 2.05) is 6.07 Å². The zero-order chi connectivity index (χ0) is 20.3. The maximum absolute atomic E-state index is 12.5. The van der Waals surface area contributed by atoms with Crippen LogP contribution in [0.1, 0.15) is 78.4 Å². The van der Waals surface area contributed by atoms with Crippen LogP contribution in [-0.2, 0) is 17.6 Å². The number of H-pyrrole nitrogens is 1. The largest absolute Gasteiger partial charge is 0.462 e. The molecule has 2 aromatic rings. The van der Waals surface area contributed by atoms with Crippen molar-refractivity contribution in [1.82, 2.24) is 15.8 Å². The van der Waals surface area contributed by atoms with Gasteiger partial charge in [-0.2, -0.15) is 0 Å². The molecule has 8 heteroatoms. The van der Waals surface area contributed by atoms with Crippen molar-refractivity contribution in [3.8, 4) is 0 Å². The first-order chi connectivity index (χ1) is 13.4. The van der Waals surface area contributed by atoms with E-state index in [4.69, 9.17) is 4.74 Å². The number of rotatable bonds is 4. The maximum atomic E-state index is 12.5. The van der Waals surface area contributed by atoms with Crippen LogP contribution in [0.15, 0.2) is 6.07 Å². The minimum Gasteiger partial charge on any atom is -0.462 e. The number of nitrogens with one attached hydrogen (secondary N) is 3. The normalized spacial score (nSPS) is 13.4. The molecule has 28 heavy (non-hydrogen) atoms. The van der Waals surface area contributed by atoms with Gasteiger partial charge in [0.25, 0.3) is 11.8 Å². The van der Waals surface area contributed by atoms with Gasteiger partial charge in [-0.1, -0.05) is 6.42 Å². The van der Waals surface area contributed by atoms with Gasteiger partial charge in [-0.05, 0) is 63.6 Å². The van der Waals surface area contributed by atoms with Crippen LogP contribution in [0, 0.1) is 13.8 Å². The standard InChI is InChI=1S/C20H25N3O4S/c1-4-27-20(26)16-11(2)17(21-12(16)3)19(25)23-22-18(24)15-10-13-8-6-5-7-9-14(13)28-15/h10,21H,4-9H2,1-3H3,(H,22,24)(H,23,25). The van der Waals surface area contributed by atoms with Crippen molar-refractivity contribution < 1.29 is 19.1 Å². The van der Waals surface area contributed by atoms with Crippen molar-refractivity contribution in [2.45, 2.75) is 52.9 Å². The quantitative estimate of drug-likeness (QED) is 0.415. The predicted molar refractivity (Wildman–Crippen MR) is 107 cm³/mol. The van der Waals surface area contributed by atoms with E-state index in [1.165, 1.54) is 28.2 Å². The highest BCUT2D eigenvalue weighted by molar-refractivity contribution is 7.14. The number of fused-ring (bicyclic) bond motifs is 1. The molecule has 3 rings (SSSR count). The Morgan fingerprint density at radius 1 is 1.11 bits per heavy atom. The highest BCUT2D eigenvalue weighted by Crippen LogP contribution is 2.28. The zero-order valence-corrected chi connectivity index (χ0v) is 17.2. The summed E-state index contributed by atoms with van der Waals surface area (Å²) in [4.78, 5) is 41.7. The Morgan fingerprint density at radius 3 is 2.57 bits per heavy atom. The van der Waals surface area contributed by atoms with Gasteiger partial charge in [0.05, 0.1) is 17.0 Å². The molecule has 1 aliphatic rings. The number of aromatic nitrogens is 1. The first-order valence-corrected chi connectivity index (χ1v) is 10.3. The van der Waals surface area contributed by atoms with Gasteiger partial charge < -0.3 is 9.72 Å². The van der Waals surface area contributed by atoms with Crippen molar-refractivity contribution in [2.24, 2.45) is 0 Å². The third-order valence-corrected chi connectivity index (χ3v) is 6.14. The summed E-state index contributed by atoms with van der Waals surface area (Å²) in [5, 5.41) is 0. The van der Waals surface area contributed by atoms with E-state index < -0.39 is 11.9 Å². The first-order valence-electron chi connectivity index (χ1n) is 9.50. The van der Waals surface area contributed by atoms with E-state index in [1.54, 1.807) is 20.8 Å². The van der Waals surface area contributed by atoms with Gasteiger partial charge in [-0.3, -0.25) is 20.4 Å². The molecular formula is C20H25N3O4S. The fourth-order valence-electron chi connectivity index (χ4n) is 3.50. The number of aryl methyl sites for hydroxylation is 3. The summed E-state index contributed by atoms with van der Waals surface area (Å²) >= 11 is 1.49. The molecule has 7 nitrogen and oxygen atoms in total. The van der Waals surface area contributed by atoms with Gasteiger partial charge in [-0.15, -0.1) is 11.3 Å². The molecule has 3 N–H and O–H groups in total. The summed E-state index contributed by atoms with van der Waals surface area (Å²) in [7, 11) is 0. The van der Waals surface area contributed by atoms with E-state index in [9.17, 15) is 14.4 Å². The smallest absolute Gasteiger partial charge is 0.340 e. The van der Waals surface area contributed by atoms with Crippen molar-refractivity contribution in [3.63, 3.8) is 0 Å². The molecule has 2 aromatic heterocycles. The van der Waals surface area contributed by atoms with Gasteiger partial charge in [0.2, 0.25) is 0 Å². The lowest BCUT2D eigenvalue weighted by Gasteiger charge is -2.06. The Bertz CT molecular complexity index is 889. The molecule has 0 saturated heterocycles. The summed E-state index contributed by atoms with van der Waals surface area (Å²) in [5.74, 6) is -1.32. The van der Waals surface area contributed by atoms with E-state index in [-0.39, 0.29) is 18.2 Å². The number of hydrogen-bond donors (Lipinski definition) is 3. The summed E-state index contributed by atoms with van der Waals surface area (Å²) < 4.78 is 5.03. The SMILES string of the molecule is CCOC(=O)c1c(C)[nH]c(C(=O)NNC(=O)c2cc3c(s2)CCCCC3)c1C. The van der Waals surface area contributed by atoms with Crippen molar-refractivity contribution >= 4 is 29.1 Å². The number of thiophene rings is 1. The molecule has 0 atom stereocenters. The van der Waals surface area contributed by atoms with E-state index in [2.05, 4.69) is 15.8 Å². The van der Waals surface area contributed by atoms with Crippen molar-refractivity contribution in [3.05, 3.63) is 43.9 Å². The third-order valence-electron chi connectivity index (χ3n) is 4.90. The van der Waals surface area contributed by atoms with Crippen LogP contribution in [-0.4, -0.2) is 29.4 Å². The second-order valence-corrected chi connectivity index (χ2v) is 8.01. The zero-order valence-electron chi connectivity index (χ0n) is 16.4. The van der Waals surface area contributed by atoms with Crippen LogP contribution < -0.4 is 10.9 Å². The fraction of sp³-hybridized carbons (Fsp3) is 0.450. The lowest BCUT2D eigenvalue weighted by molar-refractivity contribution is 0.0524. The van der Waals surface area contributed by atoms with Crippen molar-refractivity contribution in [2.75, 3.05) is 6.61 Å². The molecule has 0 radical (unpaired) electrons. The molecule has 0 bridgehead atoms. The van der Waals surface area contributed by atoms with Crippen LogP contribution in [0.3, 0.4) is 0 Å². The minimum atomic E-state index is -0.511. The van der Waals surface area contributed by atoms with Gasteiger partial charge in [0.15, 0.2) is 0 Å². The number of esters is 1.